The maximum atomic E-state index is 12.5. The molecule has 2 rings (SSSR count). The summed E-state index contributed by atoms with van der Waals surface area (Å²) in [5.41, 5.74) is 2.30. The lowest BCUT2D eigenvalue weighted by molar-refractivity contribution is -0.132. The number of β-amino-alcohol motifs (C(OH)–C–C–N with tert-alkyl or cyclic N) is 1. The summed E-state index contributed by atoms with van der Waals surface area (Å²) in [5.74, 6) is 0.877. The number of carbonyl (C=O) groups is 2. The second-order valence-electron chi connectivity index (χ2n) is 6.85. The van der Waals surface area contributed by atoms with Crippen LogP contribution in [0.25, 0.3) is 0 Å². The van der Waals surface area contributed by atoms with Crippen LogP contribution in [0, 0.1) is 6.92 Å². The molecule has 1 fully saturated rings. The molecule has 1 aliphatic rings. The lowest BCUT2D eigenvalue weighted by Gasteiger charge is -2.21. The van der Waals surface area contributed by atoms with Gasteiger partial charge in [0.25, 0.3) is 0 Å². The van der Waals surface area contributed by atoms with Crippen molar-refractivity contribution in [2.45, 2.75) is 46.1 Å². The minimum absolute atomic E-state index is 0.0390. The van der Waals surface area contributed by atoms with Crippen LogP contribution >= 0.6 is 0 Å². The number of amides is 2. The van der Waals surface area contributed by atoms with E-state index in [-0.39, 0.29) is 11.8 Å². The van der Waals surface area contributed by atoms with Crippen molar-refractivity contribution in [3.8, 4) is 5.75 Å². The Kier molecular flexibility index (Phi) is 7.45. The highest BCUT2D eigenvalue weighted by atomic mass is 16.5. The van der Waals surface area contributed by atoms with Crippen molar-refractivity contribution in [1.29, 1.82) is 0 Å². The zero-order valence-electron chi connectivity index (χ0n) is 16.0. The number of carbonyl (C=O) groups excluding carboxylic acids is 2. The number of aryl methyl sites for hydroxylation is 2. The van der Waals surface area contributed by atoms with Gasteiger partial charge in [-0.25, -0.2) is 0 Å². The Morgan fingerprint density at radius 2 is 1.92 bits per heavy atom. The quantitative estimate of drug-likeness (QED) is 0.837. The van der Waals surface area contributed by atoms with Crippen LogP contribution in [0.1, 0.15) is 37.8 Å². The van der Waals surface area contributed by atoms with Crippen molar-refractivity contribution in [3.05, 3.63) is 29.3 Å². The molecule has 0 radical (unpaired) electrons. The van der Waals surface area contributed by atoms with Gasteiger partial charge in [-0.05, 0) is 43.9 Å². The molecule has 1 aromatic rings. The van der Waals surface area contributed by atoms with Gasteiger partial charge in [-0.1, -0.05) is 12.1 Å². The summed E-state index contributed by atoms with van der Waals surface area (Å²) < 4.78 is 5.55. The van der Waals surface area contributed by atoms with Crippen molar-refractivity contribution in [2.75, 3.05) is 32.8 Å². The lowest BCUT2D eigenvalue weighted by Crippen LogP contribution is -2.37. The number of benzene rings is 1. The first-order valence-corrected chi connectivity index (χ1v) is 9.34. The largest absolute Gasteiger partial charge is 0.494 e. The second-order valence-corrected chi connectivity index (χ2v) is 6.85. The summed E-state index contributed by atoms with van der Waals surface area (Å²) in [4.78, 5) is 27.2. The Morgan fingerprint density at radius 3 is 2.58 bits per heavy atom. The summed E-state index contributed by atoms with van der Waals surface area (Å²) in [5, 5.41) is 10.0. The number of hydrogen-bond donors (Lipinski definition) is 1. The standard InChI is InChI=1S/C20H30N2O4/c1-4-26-19-9-8-17(12-15(19)2)6-5-7-20(25)22-11-10-21(16(3)23)13-18(24)14-22/h8-9,12,18,24H,4-7,10-11,13-14H2,1-3H3. The van der Waals surface area contributed by atoms with E-state index in [1.165, 1.54) is 12.5 Å². The molecular formula is C20H30N2O4. The van der Waals surface area contributed by atoms with Crippen LogP contribution in [-0.2, 0) is 16.0 Å². The zero-order valence-corrected chi connectivity index (χ0v) is 16.0. The summed E-state index contributed by atoms with van der Waals surface area (Å²) in [7, 11) is 0. The van der Waals surface area contributed by atoms with Crippen LogP contribution in [0.15, 0.2) is 18.2 Å². The van der Waals surface area contributed by atoms with Gasteiger partial charge in [-0.15, -0.1) is 0 Å². The molecule has 6 nitrogen and oxygen atoms in total. The van der Waals surface area contributed by atoms with Crippen LogP contribution in [-0.4, -0.2) is 65.6 Å². The van der Waals surface area contributed by atoms with Gasteiger partial charge in [0.05, 0.1) is 12.7 Å². The number of nitrogens with zero attached hydrogens (tertiary/aromatic N) is 2. The molecule has 1 aromatic carbocycles. The lowest BCUT2D eigenvalue weighted by atomic mass is 10.0. The highest BCUT2D eigenvalue weighted by Crippen LogP contribution is 2.20. The van der Waals surface area contributed by atoms with E-state index < -0.39 is 6.10 Å². The molecule has 0 saturated carbocycles. The van der Waals surface area contributed by atoms with Gasteiger partial charge in [0, 0.05) is 39.5 Å². The van der Waals surface area contributed by atoms with Gasteiger partial charge in [-0.3, -0.25) is 9.59 Å². The molecular weight excluding hydrogens is 332 g/mol. The molecule has 26 heavy (non-hydrogen) atoms. The third-order valence-electron chi connectivity index (χ3n) is 4.70. The number of rotatable bonds is 6. The minimum Gasteiger partial charge on any atom is -0.494 e. The van der Waals surface area contributed by atoms with Crippen molar-refractivity contribution >= 4 is 11.8 Å². The predicted octanol–water partition coefficient (Wildman–Crippen LogP) is 1.77. The third-order valence-corrected chi connectivity index (χ3v) is 4.70. The van der Waals surface area contributed by atoms with E-state index in [4.69, 9.17) is 4.74 Å². The molecule has 0 aliphatic carbocycles. The van der Waals surface area contributed by atoms with Crippen molar-refractivity contribution in [1.82, 2.24) is 9.80 Å². The fraction of sp³-hybridized carbons (Fsp3) is 0.600. The van der Waals surface area contributed by atoms with Crippen LogP contribution < -0.4 is 4.74 Å². The topological polar surface area (TPSA) is 70.1 Å². The molecule has 0 aromatic heterocycles. The number of aliphatic hydroxyl groups is 1. The van der Waals surface area contributed by atoms with Gasteiger partial charge < -0.3 is 19.6 Å². The molecule has 1 N–H and O–H groups in total. The predicted molar refractivity (Wildman–Crippen MR) is 100 cm³/mol. The first-order valence-electron chi connectivity index (χ1n) is 9.34. The van der Waals surface area contributed by atoms with Crippen molar-refractivity contribution in [2.24, 2.45) is 0 Å². The Hall–Kier alpha value is -2.08. The molecule has 1 aliphatic heterocycles. The maximum Gasteiger partial charge on any atom is 0.222 e. The Bertz CT molecular complexity index is 632. The fourth-order valence-electron chi connectivity index (χ4n) is 3.29. The highest BCUT2D eigenvalue weighted by Gasteiger charge is 2.25. The summed E-state index contributed by atoms with van der Waals surface area (Å²) >= 11 is 0. The molecule has 144 valence electrons. The number of ether oxygens (including phenoxy) is 1. The first-order chi connectivity index (χ1) is 12.4. The SMILES string of the molecule is CCOc1ccc(CCCC(=O)N2CCN(C(C)=O)CC(O)C2)cc1C. The molecule has 1 saturated heterocycles. The smallest absolute Gasteiger partial charge is 0.222 e. The van der Waals surface area contributed by atoms with Crippen LogP contribution in [0.3, 0.4) is 0 Å². The van der Waals surface area contributed by atoms with E-state index in [2.05, 4.69) is 6.07 Å². The van der Waals surface area contributed by atoms with Crippen LogP contribution in [0.2, 0.25) is 0 Å². The summed E-state index contributed by atoms with van der Waals surface area (Å²) in [6.07, 6.45) is 1.35. The molecule has 6 heteroatoms. The van der Waals surface area contributed by atoms with E-state index in [0.29, 0.717) is 39.2 Å². The molecule has 0 bridgehead atoms. The van der Waals surface area contributed by atoms with Gasteiger partial charge in [-0.2, -0.15) is 0 Å². The molecule has 1 unspecified atom stereocenters. The maximum absolute atomic E-state index is 12.5. The zero-order chi connectivity index (χ0) is 19.1. The van der Waals surface area contributed by atoms with E-state index in [9.17, 15) is 14.7 Å². The summed E-state index contributed by atoms with van der Waals surface area (Å²) in [6.45, 7) is 7.69. The Morgan fingerprint density at radius 1 is 1.23 bits per heavy atom. The third kappa shape index (κ3) is 5.73. The molecule has 1 heterocycles. The highest BCUT2D eigenvalue weighted by molar-refractivity contribution is 5.77. The molecule has 0 spiro atoms. The van der Waals surface area contributed by atoms with Crippen LogP contribution in [0.5, 0.6) is 5.75 Å². The van der Waals surface area contributed by atoms with Crippen molar-refractivity contribution < 1.29 is 19.4 Å². The Balaban J connectivity index is 1.83. The first kappa shape index (κ1) is 20.2. The number of hydrogen-bond acceptors (Lipinski definition) is 4. The van der Waals surface area contributed by atoms with Gasteiger partial charge in [0.15, 0.2) is 0 Å². The second kappa shape index (κ2) is 9.57. The van der Waals surface area contributed by atoms with E-state index in [0.717, 1.165) is 24.2 Å². The molecule has 2 amide bonds. The fourth-order valence-corrected chi connectivity index (χ4v) is 3.29. The average Bonchev–Trinajstić information content (AvgIpc) is 2.79. The molecule has 1 atom stereocenters. The van der Waals surface area contributed by atoms with Gasteiger partial charge in [0.2, 0.25) is 11.8 Å². The van der Waals surface area contributed by atoms with Gasteiger partial charge >= 0.3 is 0 Å². The van der Waals surface area contributed by atoms with Crippen LogP contribution in [0.4, 0.5) is 0 Å². The van der Waals surface area contributed by atoms with E-state index >= 15 is 0 Å². The average molecular weight is 362 g/mol. The summed E-state index contributed by atoms with van der Waals surface area (Å²) in [6, 6.07) is 6.14. The monoisotopic (exact) mass is 362 g/mol. The van der Waals surface area contributed by atoms with Gasteiger partial charge in [0.1, 0.15) is 5.75 Å². The van der Waals surface area contributed by atoms with E-state index in [1.54, 1.807) is 9.80 Å². The normalized spacial score (nSPS) is 17.8. The van der Waals surface area contributed by atoms with Crippen molar-refractivity contribution in [3.63, 3.8) is 0 Å². The van der Waals surface area contributed by atoms with E-state index in [1.807, 2.05) is 26.0 Å². The number of aliphatic hydroxyl groups excluding tert-OH is 1. The Labute approximate surface area is 155 Å². The minimum atomic E-state index is -0.681.